The summed E-state index contributed by atoms with van der Waals surface area (Å²) in [5.41, 5.74) is 2.58. The van der Waals surface area contributed by atoms with Crippen molar-refractivity contribution in [3.63, 3.8) is 0 Å². The maximum atomic E-state index is 12.2. The van der Waals surface area contributed by atoms with Crippen LogP contribution in [-0.2, 0) is 4.79 Å². The standard InChI is InChI=1S/C20H23ClN2O3/c1-14-9-15(2)11-16(10-14)20(25)22-13-19(24)23(3)7-8-26-18-6-4-5-17(21)12-18/h4-6,9-12H,7-8,13H2,1-3H3,(H,22,25). The van der Waals surface area contributed by atoms with Crippen LogP contribution < -0.4 is 10.1 Å². The molecule has 0 saturated heterocycles. The molecule has 26 heavy (non-hydrogen) atoms. The van der Waals surface area contributed by atoms with Crippen LogP contribution in [0.25, 0.3) is 0 Å². The van der Waals surface area contributed by atoms with Gasteiger partial charge in [-0.15, -0.1) is 0 Å². The van der Waals surface area contributed by atoms with Crippen molar-refractivity contribution in [1.29, 1.82) is 0 Å². The molecule has 0 fully saturated rings. The number of halogens is 1. The van der Waals surface area contributed by atoms with Gasteiger partial charge < -0.3 is 15.0 Å². The zero-order valence-corrected chi connectivity index (χ0v) is 16.0. The van der Waals surface area contributed by atoms with E-state index in [2.05, 4.69) is 5.32 Å². The van der Waals surface area contributed by atoms with E-state index in [0.717, 1.165) is 11.1 Å². The van der Waals surface area contributed by atoms with Crippen molar-refractivity contribution >= 4 is 23.4 Å². The third-order valence-electron chi connectivity index (χ3n) is 3.80. The monoisotopic (exact) mass is 374 g/mol. The van der Waals surface area contributed by atoms with Gasteiger partial charge >= 0.3 is 0 Å². The number of ether oxygens (including phenoxy) is 1. The zero-order valence-electron chi connectivity index (χ0n) is 15.2. The summed E-state index contributed by atoms with van der Waals surface area (Å²) in [6.45, 7) is 4.56. The Bertz CT molecular complexity index is 772. The predicted molar refractivity (Wildman–Crippen MR) is 103 cm³/mol. The maximum Gasteiger partial charge on any atom is 0.251 e. The minimum absolute atomic E-state index is 0.0561. The van der Waals surface area contributed by atoms with E-state index in [1.165, 1.54) is 4.90 Å². The number of rotatable bonds is 7. The van der Waals surface area contributed by atoms with Gasteiger partial charge in [-0.25, -0.2) is 0 Å². The Labute approximate surface area is 158 Å². The number of hydrogen-bond acceptors (Lipinski definition) is 3. The number of nitrogens with zero attached hydrogens (tertiary/aromatic N) is 1. The molecule has 2 amide bonds. The summed E-state index contributed by atoms with van der Waals surface area (Å²) >= 11 is 5.89. The highest BCUT2D eigenvalue weighted by molar-refractivity contribution is 6.30. The Balaban J connectivity index is 1.76. The van der Waals surface area contributed by atoms with Crippen molar-refractivity contribution in [2.45, 2.75) is 13.8 Å². The molecule has 6 heteroatoms. The molecule has 0 aliphatic heterocycles. The topological polar surface area (TPSA) is 58.6 Å². The molecule has 2 aromatic rings. The molecule has 0 radical (unpaired) electrons. The molecule has 0 aliphatic carbocycles. The van der Waals surface area contributed by atoms with Crippen molar-refractivity contribution < 1.29 is 14.3 Å². The molecular weight excluding hydrogens is 352 g/mol. The normalized spacial score (nSPS) is 10.3. The van der Waals surface area contributed by atoms with Crippen LogP contribution in [0.1, 0.15) is 21.5 Å². The lowest BCUT2D eigenvalue weighted by atomic mass is 10.1. The first kappa shape index (κ1) is 19.8. The van der Waals surface area contributed by atoms with Crippen LogP contribution in [0.5, 0.6) is 5.75 Å². The largest absolute Gasteiger partial charge is 0.492 e. The van der Waals surface area contributed by atoms with E-state index in [0.29, 0.717) is 29.5 Å². The molecule has 0 spiro atoms. The number of likely N-dealkylation sites (N-methyl/N-ethyl adjacent to an activating group) is 1. The van der Waals surface area contributed by atoms with Crippen LogP contribution in [0.15, 0.2) is 42.5 Å². The lowest BCUT2D eigenvalue weighted by Crippen LogP contribution is -2.39. The fourth-order valence-electron chi connectivity index (χ4n) is 2.48. The Hall–Kier alpha value is -2.53. The van der Waals surface area contributed by atoms with Gasteiger partial charge in [-0.3, -0.25) is 9.59 Å². The number of aryl methyl sites for hydroxylation is 2. The summed E-state index contributed by atoms with van der Waals surface area (Å²) < 4.78 is 5.56. The van der Waals surface area contributed by atoms with Gasteiger partial charge in [0.05, 0.1) is 13.1 Å². The molecule has 0 bridgehead atoms. The van der Waals surface area contributed by atoms with E-state index in [9.17, 15) is 9.59 Å². The van der Waals surface area contributed by atoms with Crippen molar-refractivity contribution in [3.8, 4) is 5.75 Å². The molecule has 0 heterocycles. The summed E-state index contributed by atoms with van der Waals surface area (Å²) in [6, 6.07) is 12.7. The Kier molecular flexibility index (Phi) is 7.04. The fourth-order valence-corrected chi connectivity index (χ4v) is 2.66. The van der Waals surface area contributed by atoms with Crippen LogP contribution in [0, 0.1) is 13.8 Å². The lowest BCUT2D eigenvalue weighted by molar-refractivity contribution is -0.129. The number of hydrogen-bond donors (Lipinski definition) is 1. The highest BCUT2D eigenvalue weighted by Gasteiger charge is 2.12. The van der Waals surface area contributed by atoms with Crippen LogP contribution in [0.2, 0.25) is 5.02 Å². The Morgan fingerprint density at radius 1 is 1.12 bits per heavy atom. The number of carbonyl (C=O) groups is 2. The van der Waals surface area contributed by atoms with Crippen molar-refractivity contribution in [2.24, 2.45) is 0 Å². The average molecular weight is 375 g/mol. The van der Waals surface area contributed by atoms with Crippen molar-refractivity contribution in [3.05, 3.63) is 64.2 Å². The number of benzene rings is 2. The zero-order chi connectivity index (χ0) is 19.1. The van der Waals surface area contributed by atoms with E-state index < -0.39 is 0 Å². The number of amides is 2. The van der Waals surface area contributed by atoms with Crippen LogP contribution >= 0.6 is 11.6 Å². The first-order valence-electron chi connectivity index (χ1n) is 8.34. The fraction of sp³-hybridized carbons (Fsp3) is 0.300. The quantitative estimate of drug-likeness (QED) is 0.809. The molecule has 0 aromatic heterocycles. The van der Waals surface area contributed by atoms with Gasteiger partial charge in [-0.1, -0.05) is 34.9 Å². The number of nitrogens with one attached hydrogen (secondary N) is 1. The molecule has 0 aliphatic rings. The first-order chi connectivity index (χ1) is 12.3. The van der Waals surface area contributed by atoms with Crippen LogP contribution in [0.4, 0.5) is 0 Å². The summed E-state index contributed by atoms with van der Waals surface area (Å²) in [5.74, 6) is 0.215. The third kappa shape index (κ3) is 6.08. The molecule has 2 aromatic carbocycles. The second-order valence-electron chi connectivity index (χ2n) is 6.18. The van der Waals surface area contributed by atoms with Gasteiger partial charge in [-0.05, 0) is 44.2 Å². The molecule has 1 N–H and O–H groups in total. The minimum atomic E-state index is -0.256. The van der Waals surface area contributed by atoms with Crippen molar-refractivity contribution in [1.82, 2.24) is 10.2 Å². The van der Waals surface area contributed by atoms with Gasteiger partial charge in [0.15, 0.2) is 0 Å². The Morgan fingerprint density at radius 2 is 1.81 bits per heavy atom. The predicted octanol–water partition coefficient (Wildman–Crippen LogP) is 3.22. The SMILES string of the molecule is Cc1cc(C)cc(C(=O)NCC(=O)N(C)CCOc2cccc(Cl)c2)c1. The molecule has 0 unspecified atom stereocenters. The smallest absolute Gasteiger partial charge is 0.251 e. The van der Waals surface area contributed by atoms with E-state index in [1.807, 2.05) is 19.9 Å². The Morgan fingerprint density at radius 3 is 2.46 bits per heavy atom. The molecule has 2 rings (SSSR count). The molecule has 0 saturated carbocycles. The summed E-state index contributed by atoms with van der Waals surface area (Å²) in [5, 5.41) is 3.26. The minimum Gasteiger partial charge on any atom is -0.492 e. The van der Waals surface area contributed by atoms with E-state index in [-0.39, 0.29) is 18.4 Å². The van der Waals surface area contributed by atoms with Crippen LogP contribution in [0.3, 0.4) is 0 Å². The second kappa shape index (κ2) is 9.25. The highest BCUT2D eigenvalue weighted by Crippen LogP contribution is 2.16. The average Bonchev–Trinajstić information content (AvgIpc) is 2.58. The van der Waals surface area contributed by atoms with Crippen LogP contribution in [-0.4, -0.2) is 43.5 Å². The van der Waals surface area contributed by atoms with Gasteiger partial charge in [0, 0.05) is 17.6 Å². The highest BCUT2D eigenvalue weighted by atomic mass is 35.5. The molecule has 0 atom stereocenters. The van der Waals surface area contributed by atoms with Gasteiger partial charge in [0.2, 0.25) is 5.91 Å². The molecule has 5 nitrogen and oxygen atoms in total. The van der Waals surface area contributed by atoms with E-state index >= 15 is 0 Å². The van der Waals surface area contributed by atoms with E-state index in [1.54, 1.807) is 43.4 Å². The van der Waals surface area contributed by atoms with Gasteiger partial charge in [-0.2, -0.15) is 0 Å². The van der Waals surface area contributed by atoms with E-state index in [4.69, 9.17) is 16.3 Å². The lowest BCUT2D eigenvalue weighted by Gasteiger charge is -2.18. The maximum absolute atomic E-state index is 12.2. The summed E-state index contributed by atoms with van der Waals surface area (Å²) in [7, 11) is 1.67. The van der Waals surface area contributed by atoms with Crippen molar-refractivity contribution in [2.75, 3.05) is 26.7 Å². The summed E-state index contributed by atoms with van der Waals surface area (Å²) in [4.78, 5) is 25.9. The molecule has 138 valence electrons. The first-order valence-corrected chi connectivity index (χ1v) is 8.72. The summed E-state index contributed by atoms with van der Waals surface area (Å²) in [6.07, 6.45) is 0. The third-order valence-corrected chi connectivity index (χ3v) is 4.04. The van der Waals surface area contributed by atoms with Gasteiger partial charge in [0.25, 0.3) is 5.91 Å². The number of carbonyl (C=O) groups excluding carboxylic acids is 2. The molecular formula is C20H23ClN2O3. The second-order valence-corrected chi connectivity index (χ2v) is 6.62. The van der Waals surface area contributed by atoms with Gasteiger partial charge in [0.1, 0.15) is 12.4 Å².